The van der Waals surface area contributed by atoms with Gasteiger partial charge in [0.1, 0.15) is 6.10 Å². The van der Waals surface area contributed by atoms with E-state index in [1.165, 1.54) is 17.7 Å². The van der Waals surface area contributed by atoms with Crippen LogP contribution in [0.3, 0.4) is 0 Å². The number of hydrogen-bond acceptors (Lipinski definition) is 4. The fourth-order valence-electron chi connectivity index (χ4n) is 3.26. The molecule has 0 saturated carbocycles. The summed E-state index contributed by atoms with van der Waals surface area (Å²) in [5.41, 5.74) is 2.42. The summed E-state index contributed by atoms with van der Waals surface area (Å²) in [7, 11) is 1.98. The van der Waals surface area contributed by atoms with Crippen molar-refractivity contribution < 1.29 is 4.74 Å². The Balaban J connectivity index is 1.57. The molecule has 2 aromatic rings. The molecular weight excluding hydrogens is 302 g/mol. The Morgan fingerprint density at radius 3 is 2.83 bits per heavy atom. The summed E-state index contributed by atoms with van der Waals surface area (Å²) >= 11 is 0. The van der Waals surface area contributed by atoms with Gasteiger partial charge in [-0.15, -0.1) is 0 Å². The molecule has 1 aliphatic rings. The zero-order valence-corrected chi connectivity index (χ0v) is 15.2. The molecule has 0 bridgehead atoms. The third kappa shape index (κ3) is 3.87. The molecule has 3 rings (SSSR count). The molecule has 0 aromatic carbocycles. The van der Waals surface area contributed by atoms with Gasteiger partial charge in [0.05, 0.1) is 17.4 Å². The summed E-state index contributed by atoms with van der Waals surface area (Å²) in [6.45, 7) is 9.10. The standard InChI is InChI=1S/C18H29N5O/c1-18(2,3)23-13-14(11-21-23)10-19-12-15-6-5-9-24-17(15)16-7-8-20-22(16)4/h7-8,11,13,15,17,19H,5-6,9-10,12H2,1-4H3/t15-,17+/m0/s1. The molecule has 1 aliphatic heterocycles. The van der Waals surface area contributed by atoms with Crippen LogP contribution in [0.4, 0.5) is 0 Å². The number of ether oxygens (including phenoxy) is 1. The predicted molar refractivity (Wildman–Crippen MR) is 93.6 cm³/mol. The van der Waals surface area contributed by atoms with E-state index < -0.39 is 0 Å². The molecule has 0 unspecified atom stereocenters. The first-order chi connectivity index (χ1) is 11.4. The van der Waals surface area contributed by atoms with Crippen LogP contribution < -0.4 is 5.32 Å². The molecule has 6 heteroatoms. The number of rotatable bonds is 5. The van der Waals surface area contributed by atoms with Gasteiger partial charge in [-0.05, 0) is 39.7 Å². The molecule has 6 nitrogen and oxygen atoms in total. The molecule has 0 radical (unpaired) electrons. The highest BCUT2D eigenvalue weighted by Gasteiger charge is 2.29. The van der Waals surface area contributed by atoms with Crippen molar-refractivity contribution in [3.8, 4) is 0 Å². The maximum atomic E-state index is 6.05. The highest BCUT2D eigenvalue weighted by Crippen LogP contribution is 2.32. The van der Waals surface area contributed by atoms with E-state index in [-0.39, 0.29) is 11.6 Å². The van der Waals surface area contributed by atoms with E-state index in [9.17, 15) is 0 Å². The van der Waals surface area contributed by atoms with Crippen molar-refractivity contribution in [2.45, 2.75) is 51.8 Å². The molecule has 1 N–H and O–H groups in total. The minimum Gasteiger partial charge on any atom is -0.372 e. The Kier molecular flexibility index (Phi) is 5.06. The van der Waals surface area contributed by atoms with Gasteiger partial charge in [0.25, 0.3) is 0 Å². The smallest absolute Gasteiger partial charge is 0.103 e. The molecule has 132 valence electrons. The molecule has 0 spiro atoms. The monoisotopic (exact) mass is 331 g/mol. The molecule has 2 aromatic heterocycles. The number of aryl methyl sites for hydroxylation is 1. The first kappa shape index (κ1) is 17.2. The lowest BCUT2D eigenvalue weighted by atomic mass is 9.92. The maximum Gasteiger partial charge on any atom is 0.103 e. The van der Waals surface area contributed by atoms with Crippen molar-refractivity contribution in [2.75, 3.05) is 13.2 Å². The minimum absolute atomic E-state index is 0.0279. The van der Waals surface area contributed by atoms with E-state index in [1.54, 1.807) is 0 Å². The van der Waals surface area contributed by atoms with Crippen LogP contribution >= 0.6 is 0 Å². The van der Waals surface area contributed by atoms with Crippen molar-refractivity contribution in [1.82, 2.24) is 24.9 Å². The lowest BCUT2D eigenvalue weighted by molar-refractivity contribution is -0.0323. The molecule has 0 amide bonds. The molecule has 1 saturated heterocycles. The average molecular weight is 331 g/mol. The van der Waals surface area contributed by atoms with Gasteiger partial charge in [-0.2, -0.15) is 10.2 Å². The average Bonchev–Trinajstić information content (AvgIpc) is 3.16. The highest BCUT2D eigenvalue weighted by atomic mass is 16.5. The Morgan fingerprint density at radius 2 is 2.17 bits per heavy atom. The fourth-order valence-corrected chi connectivity index (χ4v) is 3.26. The second-order valence-electron chi connectivity index (χ2n) is 7.67. The molecule has 3 heterocycles. The van der Waals surface area contributed by atoms with Crippen molar-refractivity contribution in [2.24, 2.45) is 13.0 Å². The lowest BCUT2D eigenvalue weighted by Gasteiger charge is -2.32. The number of aromatic nitrogens is 4. The summed E-state index contributed by atoms with van der Waals surface area (Å²) in [6.07, 6.45) is 8.37. The lowest BCUT2D eigenvalue weighted by Crippen LogP contribution is -2.32. The topological polar surface area (TPSA) is 56.9 Å². The van der Waals surface area contributed by atoms with Gasteiger partial charge >= 0.3 is 0 Å². The number of nitrogens with one attached hydrogen (secondary N) is 1. The summed E-state index contributed by atoms with van der Waals surface area (Å²) in [5.74, 6) is 0.479. The van der Waals surface area contributed by atoms with Crippen LogP contribution in [-0.4, -0.2) is 32.7 Å². The van der Waals surface area contributed by atoms with Crippen LogP contribution in [0.2, 0.25) is 0 Å². The Hall–Kier alpha value is -1.66. The number of hydrogen-bond donors (Lipinski definition) is 1. The summed E-state index contributed by atoms with van der Waals surface area (Å²) in [4.78, 5) is 0. The van der Waals surface area contributed by atoms with Crippen molar-refractivity contribution in [3.63, 3.8) is 0 Å². The van der Waals surface area contributed by atoms with Crippen LogP contribution in [0.1, 0.15) is 51.0 Å². The zero-order chi connectivity index (χ0) is 17.2. The van der Waals surface area contributed by atoms with Gasteiger partial charge in [0, 0.05) is 50.6 Å². The number of nitrogens with zero attached hydrogens (tertiary/aromatic N) is 4. The van der Waals surface area contributed by atoms with Crippen molar-refractivity contribution >= 4 is 0 Å². The van der Waals surface area contributed by atoms with Gasteiger partial charge in [-0.3, -0.25) is 9.36 Å². The van der Waals surface area contributed by atoms with Crippen LogP contribution in [0, 0.1) is 5.92 Å². The molecule has 1 fully saturated rings. The Labute approximate surface area is 144 Å². The quantitative estimate of drug-likeness (QED) is 0.915. The van der Waals surface area contributed by atoms with Crippen LogP contribution in [0.5, 0.6) is 0 Å². The fraction of sp³-hybridized carbons (Fsp3) is 0.667. The Bertz CT molecular complexity index is 654. The maximum absolute atomic E-state index is 6.05. The molecule has 2 atom stereocenters. The third-order valence-corrected chi connectivity index (χ3v) is 4.65. The predicted octanol–water partition coefficient (Wildman–Crippen LogP) is 2.63. The van der Waals surface area contributed by atoms with E-state index >= 15 is 0 Å². The van der Waals surface area contributed by atoms with Gasteiger partial charge in [0.2, 0.25) is 0 Å². The summed E-state index contributed by atoms with van der Waals surface area (Å²) in [6, 6.07) is 2.07. The minimum atomic E-state index is 0.0279. The zero-order valence-electron chi connectivity index (χ0n) is 15.2. The summed E-state index contributed by atoms with van der Waals surface area (Å²) < 4.78 is 10.00. The van der Waals surface area contributed by atoms with Gasteiger partial charge < -0.3 is 10.1 Å². The first-order valence-corrected chi connectivity index (χ1v) is 8.79. The van der Waals surface area contributed by atoms with E-state index in [1.807, 2.05) is 28.8 Å². The van der Waals surface area contributed by atoms with Gasteiger partial charge in [-0.1, -0.05) is 0 Å². The SMILES string of the molecule is Cn1nccc1[C@@H]1OCCC[C@H]1CNCc1cnn(C(C)(C)C)c1. The molecular formula is C18H29N5O. The van der Waals surface area contributed by atoms with E-state index in [4.69, 9.17) is 4.74 Å². The van der Waals surface area contributed by atoms with Crippen LogP contribution in [0.25, 0.3) is 0 Å². The third-order valence-electron chi connectivity index (χ3n) is 4.65. The largest absolute Gasteiger partial charge is 0.372 e. The van der Waals surface area contributed by atoms with E-state index in [0.717, 1.165) is 26.1 Å². The highest BCUT2D eigenvalue weighted by molar-refractivity contribution is 5.08. The van der Waals surface area contributed by atoms with Crippen molar-refractivity contribution in [1.29, 1.82) is 0 Å². The van der Waals surface area contributed by atoms with E-state index in [2.05, 4.69) is 48.5 Å². The second kappa shape index (κ2) is 7.07. The van der Waals surface area contributed by atoms with Crippen LogP contribution in [-0.2, 0) is 23.9 Å². The van der Waals surface area contributed by atoms with Gasteiger partial charge in [-0.25, -0.2) is 0 Å². The van der Waals surface area contributed by atoms with Gasteiger partial charge in [0.15, 0.2) is 0 Å². The first-order valence-electron chi connectivity index (χ1n) is 8.79. The Morgan fingerprint density at radius 1 is 1.33 bits per heavy atom. The van der Waals surface area contributed by atoms with Crippen molar-refractivity contribution in [3.05, 3.63) is 35.9 Å². The summed E-state index contributed by atoms with van der Waals surface area (Å²) in [5, 5.41) is 12.3. The molecule has 0 aliphatic carbocycles. The second-order valence-corrected chi connectivity index (χ2v) is 7.67. The van der Waals surface area contributed by atoms with E-state index in [0.29, 0.717) is 5.92 Å². The normalized spacial score (nSPS) is 22.0. The molecule has 24 heavy (non-hydrogen) atoms. The van der Waals surface area contributed by atoms with Crippen LogP contribution in [0.15, 0.2) is 24.7 Å².